The zero-order valence-electron chi connectivity index (χ0n) is 19.9. The van der Waals surface area contributed by atoms with Crippen LogP contribution in [0.4, 0.5) is 5.69 Å². The number of amides is 1. The molecule has 1 N–H and O–H groups in total. The maximum atomic E-state index is 12.9. The van der Waals surface area contributed by atoms with Crippen LogP contribution in [0.1, 0.15) is 46.9 Å². The van der Waals surface area contributed by atoms with Gasteiger partial charge in [0.05, 0.1) is 14.2 Å². The third kappa shape index (κ3) is 5.17. The van der Waals surface area contributed by atoms with Gasteiger partial charge in [0, 0.05) is 61.2 Å². The smallest absolute Gasteiger partial charge is 0.253 e. The molecular formula is C26H31N3O4S. The Morgan fingerprint density at radius 3 is 1.94 bits per heavy atom. The van der Waals surface area contributed by atoms with Gasteiger partial charge in [-0.05, 0) is 56.0 Å². The van der Waals surface area contributed by atoms with E-state index >= 15 is 0 Å². The Bertz CT molecular complexity index is 1060. The fourth-order valence-corrected chi connectivity index (χ4v) is 5.09. The summed E-state index contributed by atoms with van der Waals surface area (Å²) in [5, 5.41) is 4.02. The number of Topliss-reactive ketones (excluding diaryl/α,β-unsaturated/α-hetero) is 1. The van der Waals surface area contributed by atoms with Gasteiger partial charge in [-0.25, -0.2) is 0 Å². The standard InChI is InChI=1S/C26H31N3O4S/c1-18(30)19-4-6-20(7-5-19)24(31)28-11-8-26(9-12-28)10-13-29(17-26)25(34)27-21-14-22(32-2)16-23(15-21)33-3/h4-7,14-16H,8-13,17H2,1-3H3,(H,27,34). The van der Waals surface area contributed by atoms with Crippen molar-refractivity contribution in [2.45, 2.75) is 26.2 Å². The van der Waals surface area contributed by atoms with Crippen LogP contribution in [0.2, 0.25) is 0 Å². The van der Waals surface area contributed by atoms with Gasteiger partial charge in [-0.1, -0.05) is 12.1 Å². The van der Waals surface area contributed by atoms with Gasteiger partial charge in [-0.3, -0.25) is 9.59 Å². The van der Waals surface area contributed by atoms with Crippen LogP contribution in [0.15, 0.2) is 42.5 Å². The van der Waals surface area contributed by atoms with E-state index in [1.807, 2.05) is 23.1 Å². The van der Waals surface area contributed by atoms with Crippen LogP contribution in [-0.4, -0.2) is 67.0 Å². The van der Waals surface area contributed by atoms with Crippen LogP contribution in [-0.2, 0) is 0 Å². The Morgan fingerprint density at radius 1 is 0.882 bits per heavy atom. The summed E-state index contributed by atoms with van der Waals surface area (Å²) >= 11 is 5.71. The van der Waals surface area contributed by atoms with Crippen molar-refractivity contribution in [3.8, 4) is 11.5 Å². The molecule has 7 nitrogen and oxygen atoms in total. The molecule has 1 spiro atoms. The number of rotatable bonds is 5. The number of likely N-dealkylation sites (tertiary alicyclic amines) is 2. The van der Waals surface area contributed by atoms with Gasteiger partial charge in [-0.15, -0.1) is 0 Å². The zero-order chi connectivity index (χ0) is 24.3. The fourth-order valence-electron chi connectivity index (χ4n) is 4.81. The summed E-state index contributed by atoms with van der Waals surface area (Å²) in [6.07, 6.45) is 2.97. The highest BCUT2D eigenvalue weighted by Crippen LogP contribution is 2.41. The van der Waals surface area contributed by atoms with E-state index in [-0.39, 0.29) is 17.1 Å². The molecule has 2 aromatic rings. The molecule has 1 amide bonds. The number of benzene rings is 2. The van der Waals surface area contributed by atoms with E-state index in [0.717, 1.165) is 51.1 Å². The van der Waals surface area contributed by atoms with Crippen LogP contribution >= 0.6 is 12.2 Å². The predicted molar refractivity (Wildman–Crippen MR) is 136 cm³/mol. The van der Waals surface area contributed by atoms with E-state index < -0.39 is 0 Å². The van der Waals surface area contributed by atoms with E-state index in [2.05, 4.69) is 10.2 Å². The summed E-state index contributed by atoms with van der Waals surface area (Å²) in [5.74, 6) is 1.44. The van der Waals surface area contributed by atoms with Crippen LogP contribution in [0.3, 0.4) is 0 Å². The number of ether oxygens (including phenoxy) is 2. The average molecular weight is 482 g/mol. The van der Waals surface area contributed by atoms with Crippen molar-refractivity contribution < 1.29 is 19.1 Å². The first-order valence-electron chi connectivity index (χ1n) is 11.5. The van der Waals surface area contributed by atoms with E-state index in [1.165, 1.54) is 6.92 Å². The Balaban J connectivity index is 1.33. The minimum Gasteiger partial charge on any atom is -0.497 e. The average Bonchev–Trinajstić information content (AvgIpc) is 3.27. The summed E-state index contributed by atoms with van der Waals surface area (Å²) < 4.78 is 10.7. The topological polar surface area (TPSA) is 71.1 Å². The Morgan fingerprint density at radius 2 is 1.41 bits per heavy atom. The highest BCUT2D eigenvalue weighted by atomic mass is 32.1. The number of anilines is 1. The Labute approximate surface area is 206 Å². The summed E-state index contributed by atoms with van der Waals surface area (Å²) in [4.78, 5) is 28.6. The summed E-state index contributed by atoms with van der Waals surface area (Å²) in [6, 6.07) is 12.6. The second-order valence-electron chi connectivity index (χ2n) is 9.13. The molecule has 2 aliphatic heterocycles. The number of methoxy groups -OCH3 is 2. The van der Waals surface area contributed by atoms with Crippen LogP contribution in [0, 0.1) is 5.41 Å². The van der Waals surface area contributed by atoms with Gasteiger partial charge in [0.1, 0.15) is 11.5 Å². The maximum Gasteiger partial charge on any atom is 0.253 e. The number of carbonyl (C=O) groups is 2. The molecule has 34 heavy (non-hydrogen) atoms. The molecule has 0 aromatic heterocycles. The molecule has 2 heterocycles. The first kappa shape index (κ1) is 24.0. The highest BCUT2D eigenvalue weighted by molar-refractivity contribution is 7.80. The third-order valence-electron chi connectivity index (χ3n) is 6.98. The first-order chi connectivity index (χ1) is 16.3. The molecule has 0 saturated carbocycles. The SMILES string of the molecule is COc1cc(NC(=S)N2CCC3(CCN(C(=O)c4ccc(C(C)=O)cc4)CC3)C2)cc(OC)c1. The van der Waals surface area contributed by atoms with Crippen molar-refractivity contribution in [2.75, 3.05) is 45.7 Å². The first-order valence-corrected chi connectivity index (χ1v) is 11.9. The minimum atomic E-state index is 0.00245. The van der Waals surface area contributed by atoms with Gasteiger partial charge < -0.3 is 24.6 Å². The van der Waals surface area contributed by atoms with E-state index in [1.54, 1.807) is 38.5 Å². The number of nitrogens with one attached hydrogen (secondary N) is 1. The van der Waals surface area contributed by atoms with Crippen molar-refractivity contribution in [1.82, 2.24) is 9.80 Å². The molecule has 0 aliphatic carbocycles. The number of nitrogens with zero attached hydrogens (tertiary/aromatic N) is 2. The van der Waals surface area contributed by atoms with Crippen molar-refractivity contribution in [3.05, 3.63) is 53.6 Å². The molecule has 4 rings (SSSR count). The number of thiocarbonyl (C=S) groups is 1. The molecule has 180 valence electrons. The molecular weight excluding hydrogens is 450 g/mol. The number of hydrogen-bond acceptors (Lipinski definition) is 5. The highest BCUT2D eigenvalue weighted by Gasteiger charge is 2.42. The number of carbonyl (C=O) groups excluding carboxylic acids is 2. The summed E-state index contributed by atoms with van der Waals surface area (Å²) in [7, 11) is 3.25. The van der Waals surface area contributed by atoms with Crippen LogP contribution in [0.25, 0.3) is 0 Å². The van der Waals surface area contributed by atoms with Gasteiger partial charge in [0.25, 0.3) is 5.91 Å². The van der Waals surface area contributed by atoms with Crippen molar-refractivity contribution in [1.29, 1.82) is 0 Å². The van der Waals surface area contributed by atoms with Crippen LogP contribution in [0.5, 0.6) is 11.5 Å². The lowest BCUT2D eigenvalue weighted by molar-refractivity contribution is 0.0598. The number of ketones is 1. The van der Waals surface area contributed by atoms with Crippen LogP contribution < -0.4 is 14.8 Å². The molecule has 0 bridgehead atoms. The predicted octanol–water partition coefficient (Wildman–Crippen LogP) is 4.23. The fraction of sp³-hybridized carbons (Fsp3) is 0.423. The van der Waals surface area contributed by atoms with Gasteiger partial charge >= 0.3 is 0 Å². The van der Waals surface area contributed by atoms with Crippen molar-refractivity contribution >= 4 is 34.7 Å². The van der Waals surface area contributed by atoms with Gasteiger partial charge in [0.15, 0.2) is 10.9 Å². The normalized spacial score (nSPS) is 16.9. The van der Waals surface area contributed by atoms with E-state index in [4.69, 9.17) is 21.7 Å². The second kappa shape index (κ2) is 10.0. The lowest BCUT2D eigenvalue weighted by Crippen LogP contribution is -2.45. The molecule has 2 fully saturated rings. The van der Waals surface area contributed by atoms with E-state index in [0.29, 0.717) is 27.7 Å². The molecule has 0 radical (unpaired) electrons. The van der Waals surface area contributed by atoms with Crippen molar-refractivity contribution in [3.63, 3.8) is 0 Å². The third-order valence-corrected chi connectivity index (χ3v) is 7.34. The molecule has 8 heteroatoms. The molecule has 0 unspecified atom stereocenters. The largest absolute Gasteiger partial charge is 0.497 e. The minimum absolute atomic E-state index is 0.00245. The monoisotopic (exact) mass is 481 g/mol. The number of hydrogen-bond donors (Lipinski definition) is 1. The Hall–Kier alpha value is -3.13. The molecule has 2 aromatic carbocycles. The van der Waals surface area contributed by atoms with Gasteiger partial charge in [-0.2, -0.15) is 0 Å². The Kier molecular flexibility index (Phi) is 7.07. The molecule has 2 aliphatic rings. The summed E-state index contributed by atoms with van der Waals surface area (Å²) in [5.41, 5.74) is 2.26. The zero-order valence-corrected chi connectivity index (χ0v) is 20.7. The lowest BCUT2D eigenvalue weighted by atomic mass is 9.77. The second-order valence-corrected chi connectivity index (χ2v) is 9.52. The van der Waals surface area contributed by atoms with Crippen molar-refractivity contribution in [2.24, 2.45) is 5.41 Å². The van der Waals surface area contributed by atoms with E-state index in [9.17, 15) is 9.59 Å². The molecule has 2 saturated heterocycles. The number of piperidine rings is 1. The lowest BCUT2D eigenvalue weighted by Gasteiger charge is -2.39. The summed E-state index contributed by atoms with van der Waals surface area (Å²) in [6.45, 7) is 4.77. The van der Waals surface area contributed by atoms with Gasteiger partial charge in [0.2, 0.25) is 0 Å². The quantitative estimate of drug-likeness (QED) is 0.506. The molecule has 0 atom stereocenters. The maximum absolute atomic E-state index is 12.9.